The third-order valence-corrected chi connectivity index (χ3v) is 5.26. The number of benzene rings is 2. The van der Waals surface area contributed by atoms with Gasteiger partial charge in [-0.15, -0.1) is 0 Å². The quantitative estimate of drug-likeness (QED) is 0.503. The second-order valence-electron chi connectivity index (χ2n) is 7.31. The van der Waals surface area contributed by atoms with Gasteiger partial charge in [0, 0.05) is 18.5 Å². The highest BCUT2D eigenvalue weighted by atomic mass is 16.5. The number of ketones is 1. The Balaban J connectivity index is 1.60. The molecular formula is C23H22N2O4. The van der Waals surface area contributed by atoms with E-state index in [0.29, 0.717) is 23.0 Å². The lowest BCUT2D eigenvalue weighted by Crippen LogP contribution is -2.25. The number of aromatic nitrogens is 2. The topological polar surface area (TPSA) is 78.3 Å². The van der Waals surface area contributed by atoms with E-state index >= 15 is 0 Å². The summed E-state index contributed by atoms with van der Waals surface area (Å²) >= 11 is 0. The van der Waals surface area contributed by atoms with Crippen molar-refractivity contribution >= 4 is 22.7 Å². The number of rotatable bonds is 4. The van der Waals surface area contributed by atoms with Crippen LogP contribution in [0.5, 0.6) is 0 Å². The SMILES string of the molecule is CC(OC(=O)c1ccc2c(=O)n3c(nc2c1)CCCCC3)C(=O)c1ccccc1. The van der Waals surface area contributed by atoms with Gasteiger partial charge in [0.1, 0.15) is 5.82 Å². The molecule has 29 heavy (non-hydrogen) atoms. The van der Waals surface area contributed by atoms with Crippen LogP contribution in [-0.2, 0) is 17.7 Å². The highest BCUT2D eigenvalue weighted by molar-refractivity contribution is 6.02. The molecule has 3 aromatic rings. The molecule has 0 radical (unpaired) electrons. The first-order chi connectivity index (χ1) is 14.0. The monoisotopic (exact) mass is 390 g/mol. The molecule has 6 heteroatoms. The highest BCUT2D eigenvalue weighted by Gasteiger charge is 2.21. The lowest BCUT2D eigenvalue weighted by molar-refractivity contribution is 0.0319. The van der Waals surface area contributed by atoms with Crippen molar-refractivity contribution in [2.75, 3.05) is 0 Å². The lowest BCUT2D eigenvalue weighted by atomic mass is 10.1. The number of carbonyl (C=O) groups excluding carboxylic acids is 2. The first-order valence-corrected chi connectivity index (χ1v) is 9.88. The maximum Gasteiger partial charge on any atom is 0.338 e. The van der Waals surface area contributed by atoms with Gasteiger partial charge in [0.2, 0.25) is 5.78 Å². The summed E-state index contributed by atoms with van der Waals surface area (Å²) in [4.78, 5) is 42.4. The molecule has 0 bridgehead atoms. The Morgan fingerprint density at radius 3 is 2.62 bits per heavy atom. The standard InChI is InChI=1S/C23H22N2O4/c1-15(21(26)16-8-4-2-5-9-16)29-23(28)17-11-12-18-19(14-17)24-20-10-6-3-7-13-25(20)22(18)27/h2,4-5,8-9,11-12,14-15H,3,6-7,10,13H2,1H3. The average molecular weight is 390 g/mol. The summed E-state index contributed by atoms with van der Waals surface area (Å²) < 4.78 is 7.11. The van der Waals surface area contributed by atoms with Crippen LogP contribution in [-0.4, -0.2) is 27.4 Å². The molecule has 0 spiro atoms. The second kappa shape index (κ2) is 7.99. The van der Waals surface area contributed by atoms with Gasteiger partial charge in [0.05, 0.1) is 16.5 Å². The molecule has 0 saturated carbocycles. The summed E-state index contributed by atoms with van der Waals surface area (Å²) in [5.41, 5.74) is 1.18. The van der Waals surface area contributed by atoms with Crippen molar-refractivity contribution in [3.05, 3.63) is 75.8 Å². The molecule has 1 aliphatic rings. The fraction of sp³-hybridized carbons (Fsp3) is 0.304. The van der Waals surface area contributed by atoms with Crippen molar-refractivity contribution in [1.82, 2.24) is 9.55 Å². The molecule has 0 aliphatic carbocycles. The third kappa shape index (κ3) is 3.83. The first kappa shape index (κ1) is 19.1. The molecule has 4 rings (SSSR count). The van der Waals surface area contributed by atoms with Crippen LogP contribution in [0.25, 0.3) is 10.9 Å². The largest absolute Gasteiger partial charge is 0.451 e. The maximum atomic E-state index is 12.8. The molecule has 148 valence electrons. The Bertz CT molecular complexity index is 1130. The molecule has 1 aliphatic heterocycles. The molecule has 6 nitrogen and oxygen atoms in total. The number of hydrogen-bond acceptors (Lipinski definition) is 5. The number of esters is 1. The Hall–Kier alpha value is -3.28. The zero-order valence-electron chi connectivity index (χ0n) is 16.3. The summed E-state index contributed by atoms with van der Waals surface area (Å²) in [5, 5.41) is 0.487. The van der Waals surface area contributed by atoms with Crippen molar-refractivity contribution in [2.45, 2.75) is 45.3 Å². The molecule has 2 aromatic carbocycles. The van der Waals surface area contributed by atoms with E-state index in [9.17, 15) is 14.4 Å². The van der Waals surface area contributed by atoms with E-state index in [1.807, 2.05) is 6.07 Å². The van der Waals surface area contributed by atoms with E-state index in [-0.39, 0.29) is 16.9 Å². The van der Waals surface area contributed by atoms with E-state index in [1.54, 1.807) is 54.0 Å². The number of hydrogen-bond donors (Lipinski definition) is 0. The summed E-state index contributed by atoms with van der Waals surface area (Å²) in [5.74, 6) is -0.111. The molecule has 2 heterocycles. The zero-order chi connectivity index (χ0) is 20.4. The van der Waals surface area contributed by atoms with Crippen LogP contribution in [0.3, 0.4) is 0 Å². The number of fused-ring (bicyclic) bond motifs is 2. The van der Waals surface area contributed by atoms with Crippen molar-refractivity contribution in [3.63, 3.8) is 0 Å². The van der Waals surface area contributed by atoms with Gasteiger partial charge < -0.3 is 4.74 Å². The molecular weight excluding hydrogens is 368 g/mol. The zero-order valence-corrected chi connectivity index (χ0v) is 16.3. The average Bonchev–Trinajstić information content (AvgIpc) is 2.99. The van der Waals surface area contributed by atoms with Crippen LogP contribution in [0.1, 0.15) is 52.7 Å². The predicted molar refractivity (Wildman–Crippen MR) is 109 cm³/mol. The van der Waals surface area contributed by atoms with Crippen LogP contribution < -0.4 is 5.56 Å². The van der Waals surface area contributed by atoms with Gasteiger partial charge in [-0.1, -0.05) is 36.8 Å². The Labute approximate surface area is 168 Å². The van der Waals surface area contributed by atoms with Crippen molar-refractivity contribution < 1.29 is 14.3 Å². The molecule has 0 amide bonds. The van der Waals surface area contributed by atoms with Gasteiger partial charge in [-0.2, -0.15) is 0 Å². The highest BCUT2D eigenvalue weighted by Crippen LogP contribution is 2.17. The van der Waals surface area contributed by atoms with E-state index in [2.05, 4.69) is 4.98 Å². The summed E-state index contributed by atoms with van der Waals surface area (Å²) in [7, 11) is 0. The molecule has 0 fully saturated rings. The van der Waals surface area contributed by atoms with Gasteiger partial charge in [-0.3, -0.25) is 14.2 Å². The lowest BCUT2D eigenvalue weighted by Gasteiger charge is -2.13. The Morgan fingerprint density at radius 2 is 1.83 bits per heavy atom. The van der Waals surface area contributed by atoms with Crippen LogP contribution in [0.4, 0.5) is 0 Å². The first-order valence-electron chi connectivity index (χ1n) is 9.88. The fourth-order valence-electron chi connectivity index (χ4n) is 3.66. The molecule has 1 unspecified atom stereocenters. The van der Waals surface area contributed by atoms with Gasteiger partial charge in [0.15, 0.2) is 6.10 Å². The molecule has 0 saturated heterocycles. The van der Waals surface area contributed by atoms with E-state index < -0.39 is 12.1 Å². The van der Waals surface area contributed by atoms with Gasteiger partial charge in [0.25, 0.3) is 5.56 Å². The van der Waals surface area contributed by atoms with Crippen molar-refractivity contribution in [1.29, 1.82) is 0 Å². The number of Topliss-reactive ketones (excluding diaryl/α,β-unsaturated/α-hetero) is 1. The third-order valence-electron chi connectivity index (χ3n) is 5.26. The number of aryl methyl sites for hydroxylation is 1. The van der Waals surface area contributed by atoms with Crippen LogP contribution in [0.2, 0.25) is 0 Å². The van der Waals surface area contributed by atoms with Crippen molar-refractivity contribution in [2.24, 2.45) is 0 Å². The smallest absolute Gasteiger partial charge is 0.338 e. The number of nitrogens with zero attached hydrogens (tertiary/aromatic N) is 2. The van der Waals surface area contributed by atoms with Crippen LogP contribution >= 0.6 is 0 Å². The minimum Gasteiger partial charge on any atom is -0.451 e. The Kier molecular flexibility index (Phi) is 5.25. The normalized spacial score (nSPS) is 14.7. The number of carbonyl (C=O) groups is 2. The van der Waals surface area contributed by atoms with Gasteiger partial charge in [-0.25, -0.2) is 9.78 Å². The van der Waals surface area contributed by atoms with E-state index in [1.165, 1.54) is 0 Å². The maximum absolute atomic E-state index is 12.8. The minimum atomic E-state index is -0.911. The molecule has 0 N–H and O–H groups in total. The predicted octanol–water partition coefficient (Wildman–Crippen LogP) is 3.55. The van der Waals surface area contributed by atoms with E-state index in [0.717, 1.165) is 31.5 Å². The number of ether oxygens (including phenoxy) is 1. The van der Waals surface area contributed by atoms with E-state index in [4.69, 9.17) is 4.74 Å². The van der Waals surface area contributed by atoms with Crippen LogP contribution in [0, 0.1) is 0 Å². The summed E-state index contributed by atoms with van der Waals surface area (Å²) in [6.07, 6.45) is 2.88. The molecule has 1 aromatic heterocycles. The fourth-order valence-corrected chi connectivity index (χ4v) is 3.66. The summed E-state index contributed by atoms with van der Waals surface area (Å²) in [6, 6.07) is 13.5. The van der Waals surface area contributed by atoms with Crippen LogP contribution in [0.15, 0.2) is 53.3 Å². The Morgan fingerprint density at radius 1 is 1.03 bits per heavy atom. The van der Waals surface area contributed by atoms with Gasteiger partial charge in [-0.05, 0) is 38.0 Å². The second-order valence-corrected chi connectivity index (χ2v) is 7.31. The van der Waals surface area contributed by atoms with Crippen molar-refractivity contribution in [3.8, 4) is 0 Å². The van der Waals surface area contributed by atoms with Gasteiger partial charge >= 0.3 is 5.97 Å². The minimum absolute atomic E-state index is 0.0700. The molecule has 1 atom stereocenters. The summed E-state index contributed by atoms with van der Waals surface area (Å²) in [6.45, 7) is 2.23.